The first kappa shape index (κ1) is 16.8. The van der Waals surface area contributed by atoms with Crippen LogP contribution in [0.25, 0.3) is 0 Å². The molecule has 1 aliphatic rings. The van der Waals surface area contributed by atoms with Crippen molar-refractivity contribution in [2.75, 3.05) is 38.2 Å². The van der Waals surface area contributed by atoms with Crippen LogP contribution in [0.1, 0.15) is 19.4 Å². The van der Waals surface area contributed by atoms with Gasteiger partial charge in [-0.2, -0.15) is 0 Å². The molecular weight excluding hydrogens is 276 g/mol. The topological polar surface area (TPSA) is 62.9 Å². The molecule has 3 N–H and O–H groups in total. The number of benzene rings is 1. The third kappa shape index (κ3) is 5.00. The number of ether oxygens (including phenoxy) is 1. The van der Waals surface area contributed by atoms with E-state index < -0.39 is 0 Å². The number of aliphatic imine (C=N–C) groups is 1. The zero-order valence-corrected chi connectivity index (χ0v) is 13.9. The van der Waals surface area contributed by atoms with Gasteiger partial charge in [-0.3, -0.25) is 9.89 Å². The Bertz CT molecular complexity index is 478. The first-order valence-corrected chi connectivity index (χ1v) is 8.01. The molecule has 5 heteroatoms. The maximum Gasteiger partial charge on any atom is 0.193 e. The highest BCUT2D eigenvalue weighted by molar-refractivity contribution is 5.92. The summed E-state index contributed by atoms with van der Waals surface area (Å²) >= 11 is 0. The van der Waals surface area contributed by atoms with Crippen molar-refractivity contribution >= 4 is 11.6 Å². The van der Waals surface area contributed by atoms with Gasteiger partial charge in [-0.25, -0.2) is 0 Å². The van der Waals surface area contributed by atoms with Crippen LogP contribution in [0.5, 0.6) is 0 Å². The maximum atomic E-state index is 6.02. The van der Waals surface area contributed by atoms with E-state index in [0.717, 1.165) is 32.0 Å². The standard InChI is InChI=1S/C17H28N4O/c1-13(2)16(21-8-10-22-11-9-21)12-19-17(18)20-15-6-4-14(3)5-7-15/h4-7,13,16H,8-12H2,1-3H3,(H3,18,19,20)/t16-/m0/s1. The Morgan fingerprint density at radius 2 is 1.91 bits per heavy atom. The van der Waals surface area contributed by atoms with Crippen molar-refractivity contribution in [3.63, 3.8) is 0 Å². The lowest BCUT2D eigenvalue weighted by Crippen LogP contribution is -2.47. The summed E-state index contributed by atoms with van der Waals surface area (Å²) in [4.78, 5) is 6.99. The van der Waals surface area contributed by atoms with E-state index in [1.165, 1.54) is 5.56 Å². The van der Waals surface area contributed by atoms with E-state index in [9.17, 15) is 0 Å². The van der Waals surface area contributed by atoms with Crippen LogP contribution in [0.4, 0.5) is 5.69 Å². The number of nitrogens with one attached hydrogen (secondary N) is 1. The van der Waals surface area contributed by atoms with Gasteiger partial charge in [-0.05, 0) is 25.0 Å². The predicted molar refractivity (Wildman–Crippen MR) is 92.3 cm³/mol. The van der Waals surface area contributed by atoms with Crippen LogP contribution < -0.4 is 11.1 Å². The molecule has 0 aromatic heterocycles. The van der Waals surface area contributed by atoms with Crippen molar-refractivity contribution in [3.8, 4) is 0 Å². The number of guanidine groups is 1. The largest absolute Gasteiger partial charge is 0.379 e. The third-order valence-corrected chi connectivity index (χ3v) is 4.06. The quantitative estimate of drug-likeness (QED) is 0.646. The molecule has 0 radical (unpaired) electrons. The van der Waals surface area contributed by atoms with Crippen LogP contribution in [0.2, 0.25) is 0 Å². The molecule has 0 saturated carbocycles. The second kappa shape index (κ2) is 8.15. The third-order valence-electron chi connectivity index (χ3n) is 4.06. The van der Waals surface area contributed by atoms with Gasteiger partial charge in [-0.15, -0.1) is 0 Å². The van der Waals surface area contributed by atoms with Crippen LogP contribution in [0.15, 0.2) is 29.3 Å². The molecule has 1 aromatic rings. The van der Waals surface area contributed by atoms with Gasteiger partial charge in [-0.1, -0.05) is 31.5 Å². The molecule has 1 fully saturated rings. The fourth-order valence-electron chi connectivity index (χ4n) is 2.67. The fourth-order valence-corrected chi connectivity index (χ4v) is 2.67. The van der Waals surface area contributed by atoms with Crippen LogP contribution in [-0.4, -0.2) is 49.7 Å². The number of aryl methyl sites for hydroxylation is 1. The highest BCUT2D eigenvalue weighted by Crippen LogP contribution is 2.14. The number of hydrogen-bond acceptors (Lipinski definition) is 3. The number of hydrogen-bond donors (Lipinski definition) is 2. The zero-order chi connectivity index (χ0) is 15.9. The minimum atomic E-state index is 0.405. The van der Waals surface area contributed by atoms with E-state index in [-0.39, 0.29) is 0 Å². The summed E-state index contributed by atoms with van der Waals surface area (Å²) in [6.07, 6.45) is 0. The molecule has 0 aliphatic carbocycles. The molecule has 0 unspecified atom stereocenters. The second-order valence-electron chi connectivity index (χ2n) is 6.18. The fraction of sp³-hybridized carbons (Fsp3) is 0.588. The number of anilines is 1. The molecule has 1 heterocycles. The molecular formula is C17H28N4O. The Morgan fingerprint density at radius 1 is 1.27 bits per heavy atom. The molecule has 1 saturated heterocycles. The van der Waals surface area contributed by atoms with E-state index in [0.29, 0.717) is 24.5 Å². The van der Waals surface area contributed by atoms with Gasteiger partial charge in [0.15, 0.2) is 5.96 Å². The summed E-state index contributed by atoms with van der Waals surface area (Å²) in [5.74, 6) is 1.01. The normalized spacial score (nSPS) is 18.5. The van der Waals surface area contributed by atoms with Crippen molar-refractivity contribution < 1.29 is 4.74 Å². The van der Waals surface area contributed by atoms with Crippen LogP contribution in [0.3, 0.4) is 0 Å². The number of nitrogens with zero attached hydrogens (tertiary/aromatic N) is 2. The number of nitrogens with two attached hydrogens (primary N) is 1. The van der Waals surface area contributed by atoms with E-state index >= 15 is 0 Å². The van der Waals surface area contributed by atoms with Gasteiger partial charge in [0.05, 0.1) is 19.8 Å². The van der Waals surface area contributed by atoms with Crippen LogP contribution in [-0.2, 0) is 4.74 Å². The maximum absolute atomic E-state index is 6.02. The lowest BCUT2D eigenvalue weighted by atomic mass is 10.0. The molecule has 1 aliphatic heterocycles. The van der Waals surface area contributed by atoms with Crippen LogP contribution >= 0.6 is 0 Å². The van der Waals surface area contributed by atoms with Gasteiger partial charge >= 0.3 is 0 Å². The summed E-state index contributed by atoms with van der Waals surface area (Å²) in [6.45, 7) is 10.8. The molecule has 2 rings (SSSR count). The van der Waals surface area contributed by atoms with E-state index in [2.05, 4.69) is 48.1 Å². The van der Waals surface area contributed by atoms with Crippen molar-refractivity contribution in [3.05, 3.63) is 29.8 Å². The Labute approximate surface area is 133 Å². The Morgan fingerprint density at radius 3 is 2.50 bits per heavy atom. The van der Waals surface area contributed by atoms with Gasteiger partial charge in [0.2, 0.25) is 0 Å². The monoisotopic (exact) mass is 304 g/mol. The highest BCUT2D eigenvalue weighted by Gasteiger charge is 2.23. The van der Waals surface area contributed by atoms with Gasteiger partial charge < -0.3 is 15.8 Å². The molecule has 5 nitrogen and oxygen atoms in total. The molecule has 0 amide bonds. The lowest BCUT2D eigenvalue weighted by molar-refractivity contribution is 0.00870. The average molecular weight is 304 g/mol. The molecule has 1 aromatic carbocycles. The van der Waals surface area contributed by atoms with Gasteiger partial charge in [0.25, 0.3) is 0 Å². The molecule has 22 heavy (non-hydrogen) atoms. The summed E-state index contributed by atoms with van der Waals surface area (Å²) < 4.78 is 5.43. The highest BCUT2D eigenvalue weighted by atomic mass is 16.5. The van der Waals surface area contributed by atoms with Crippen molar-refractivity contribution in [1.29, 1.82) is 0 Å². The van der Waals surface area contributed by atoms with Gasteiger partial charge in [0.1, 0.15) is 0 Å². The second-order valence-corrected chi connectivity index (χ2v) is 6.18. The SMILES string of the molecule is Cc1ccc(NC(N)=NC[C@@H](C(C)C)N2CCOCC2)cc1. The first-order chi connectivity index (χ1) is 10.6. The summed E-state index contributed by atoms with van der Waals surface area (Å²) in [7, 11) is 0. The number of rotatable bonds is 5. The van der Waals surface area contributed by atoms with Crippen molar-refractivity contribution in [2.24, 2.45) is 16.6 Å². The lowest BCUT2D eigenvalue weighted by Gasteiger charge is -2.36. The summed E-state index contributed by atoms with van der Waals surface area (Å²) in [5.41, 5.74) is 8.22. The Balaban J connectivity index is 1.92. The summed E-state index contributed by atoms with van der Waals surface area (Å²) in [5, 5.41) is 3.15. The van der Waals surface area contributed by atoms with Crippen LogP contribution in [0, 0.1) is 12.8 Å². The predicted octanol–water partition coefficient (Wildman–Crippen LogP) is 2.08. The first-order valence-electron chi connectivity index (χ1n) is 8.01. The Hall–Kier alpha value is -1.59. The number of morpholine rings is 1. The minimum Gasteiger partial charge on any atom is -0.379 e. The molecule has 0 bridgehead atoms. The van der Waals surface area contributed by atoms with Crippen molar-refractivity contribution in [2.45, 2.75) is 26.8 Å². The molecule has 1 atom stereocenters. The van der Waals surface area contributed by atoms with Crippen molar-refractivity contribution in [1.82, 2.24) is 4.90 Å². The molecule has 0 spiro atoms. The zero-order valence-electron chi connectivity index (χ0n) is 13.9. The van der Waals surface area contributed by atoms with E-state index in [1.807, 2.05) is 12.1 Å². The summed E-state index contributed by atoms with van der Waals surface area (Å²) in [6, 6.07) is 8.54. The Kier molecular flexibility index (Phi) is 6.21. The minimum absolute atomic E-state index is 0.405. The van der Waals surface area contributed by atoms with Gasteiger partial charge in [0, 0.05) is 24.8 Å². The average Bonchev–Trinajstić information content (AvgIpc) is 2.50. The van der Waals surface area contributed by atoms with E-state index in [4.69, 9.17) is 10.5 Å². The van der Waals surface area contributed by atoms with E-state index in [1.54, 1.807) is 0 Å². The molecule has 122 valence electrons. The smallest absolute Gasteiger partial charge is 0.193 e.